The van der Waals surface area contributed by atoms with Crippen molar-refractivity contribution in [2.45, 2.75) is 33.1 Å². The van der Waals surface area contributed by atoms with Gasteiger partial charge in [-0.3, -0.25) is 5.43 Å². The molecule has 23 heavy (non-hydrogen) atoms. The van der Waals surface area contributed by atoms with Crippen molar-refractivity contribution in [3.63, 3.8) is 0 Å². The van der Waals surface area contributed by atoms with Gasteiger partial charge in [-0.1, -0.05) is 32.4 Å². The van der Waals surface area contributed by atoms with Crippen molar-refractivity contribution in [2.24, 2.45) is 5.10 Å². The highest BCUT2D eigenvalue weighted by Crippen LogP contribution is 2.27. The molecule has 4 nitrogen and oxygen atoms in total. The lowest BCUT2D eigenvalue weighted by Crippen LogP contribution is -2.11. The van der Waals surface area contributed by atoms with Crippen LogP contribution in [0.25, 0.3) is 11.0 Å². The third-order valence-electron chi connectivity index (χ3n) is 3.43. The van der Waals surface area contributed by atoms with Crippen LogP contribution in [0.3, 0.4) is 0 Å². The molecule has 0 amide bonds. The molecule has 1 aromatic carbocycles. The molecule has 2 aromatic heterocycles. The maximum absolute atomic E-state index is 6.00. The van der Waals surface area contributed by atoms with E-state index in [1.165, 1.54) is 0 Å². The number of hydrazone groups is 1. The van der Waals surface area contributed by atoms with Crippen LogP contribution in [0, 0.1) is 0 Å². The maximum atomic E-state index is 6.00. The minimum absolute atomic E-state index is 0.0349. The van der Waals surface area contributed by atoms with Gasteiger partial charge in [-0.25, -0.2) is 4.98 Å². The number of rotatable bonds is 3. The number of furan rings is 1. The molecule has 0 aliphatic carbocycles. The van der Waals surface area contributed by atoms with Crippen molar-refractivity contribution < 1.29 is 4.42 Å². The first-order chi connectivity index (χ1) is 10.8. The fourth-order valence-corrected chi connectivity index (χ4v) is 3.11. The third-order valence-corrected chi connectivity index (χ3v) is 4.41. The summed E-state index contributed by atoms with van der Waals surface area (Å²) in [6.45, 7) is 8.31. The quantitative estimate of drug-likeness (QED) is 0.490. The number of halogens is 1. The normalized spacial score (nSPS) is 12.8. The molecule has 3 aromatic rings. The van der Waals surface area contributed by atoms with Crippen LogP contribution in [0.15, 0.2) is 39.2 Å². The van der Waals surface area contributed by atoms with Gasteiger partial charge in [0.15, 0.2) is 5.76 Å². The molecule has 0 unspecified atom stereocenters. The number of hydrogen-bond acceptors (Lipinski definition) is 5. The Labute approximate surface area is 144 Å². The minimum Gasteiger partial charge on any atom is -0.455 e. The molecule has 0 atom stereocenters. The summed E-state index contributed by atoms with van der Waals surface area (Å²) in [5, 5.41) is 8.84. The average Bonchev–Trinajstić information content (AvgIpc) is 3.10. The number of nitrogens with zero attached hydrogens (tertiary/aromatic N) is 2. The molecule has 0 saturated carbocycles. The van der Waals surface area contributed by atoms with Crippen LogP contribution in [-0.2, 0) is 5.41 Å². The zero-order valence-corrected chi connectivity index (χ0v) is 15.0. The average molecular weight is 348 g/mol. The zero-order valence-electron chi connectivity index (χ0n) is 13.5. The van der Waals surface area contributed by atoms with Crippen LogP contribution >= 0.6 is 22.9 Å². The van der Waals surface area contributed by atoms with Crippen LogP contribution in [-0.4, -0.2) is 10.7 Å². The van der Waals surface area contributed by atoms with Gasteiger partial charge in [0.1, 0.15) is 11.3 Å². The van der Waals surface area contributed by atoms with Crippen LogP contribution in [0.1, 0.15) is 39.1 Å². The van der Waals surface area contributed by atoms with E-state index >= 15 is 0 Å². The first-order valence-electron chi connectivity index (χ1n) is 7.29. The fourth-order valence-electron chi connectivity index (χ4n) is 2.05. The Balaban J connectivity index is 1.79. The molecule has 1 N–H and O–H groups in total. The lowest BCUT2D eigenvalue weighted by atomic mass is 9.93. The number of nitrogens with one attached hydrogen (secondary N) is 1. The van der Waals surface area contributed by atoms with Gasteiger partial charge in [0, 0.05) is 21.2 Å². The second kappa shape index (κ2) is 5.98. The monoisotopic (exact) mass is 347 g/mol. The molecular weight excluding hydrogens is 330 g/mol. The molecule has 0 aliphatic heterocycles. The molecule has 0 fully saturated rings. The van der Waals surface area contributed by atoms with E-state index in [1.54, 1.807) is 11.3 Å². The standard InChI is InChI=1S/C17H18ClN3OS/c1-10(14-8-11-7-12(18)5-6-13(11)22-14)20-21-16-19-15(9-23-16)17(2,3)4/h5-9H,1-4H3,(H,19,21)/b20-10-. The molecule has 0 radical (unpaired) electrons. The molecule has 120 valence electrons. The topological polar surface area (TPSA) is 50.4 Å². The number of fused-ring (bicyclic) bond motifs is 1. The Bertz CT molecular complexity index is 873. The summed E-state index contributed by atoms with van der Waals surface area (Å²) in [6, 6.07) is 7.48. The molecular formula is C17H18ClN3OS. The predicted molar refractivity (Wildman–Crippen MR) is 97.9 cm³/mol. The summed E-state index contributed by atoms with van der Waals surface area (Å²) in [5.41, 5.74) is 5.64. The fraction of sp³-hybridized carbons (Fsp3) is 0.294. The second-order valence-corrected chi connectivity index (χ2v) is 7.68. The number of anilines is 1. The minimum atomic E-state index is 0.0349. The van der Waals surface area contributed by atoms with E-state index in [1.807, 2.05) is 31.2 Å². The molecule has 0 aliphatic rings. The number of aromatic nitrogens is 1. The number of benzene rings is 1. The molecule has 6 heteroatoms. The summed E-state index contributed by atoms with van der Waals surface area (Å²) in [7, 11) is 0. The van der Waals surface area contributed by atoms with Gasteiger partial charge in [-0.15, -0.1) is 11.3 Å². The van der Waals surface area contributed by atoms with Gasteiger partial charge >= 0.3 is 0 Å². The van der Waals surface area contributed by atoms with Crippen molar-refractivity contribution in [2.75, 3.05) is 5.43 Å². The number of hydrogen-bond donors (Lipinski definition) is 1. The van der Waals surface area contributed by atoms with E-state index in [2.05, 4.69) is 41.7 Å². The van der Waals surface area contributed by atoms with Crippen molar-refractivity contribution >= 4 is 44.8 Å². The van der Waals surface area contributed by atoms with E-state index in [9.17, 15) is 0 Å². The highest BCUT2D eigenvalue weighted by atomic mass is 35.5. The predicted octanol–water partition coefficient (Wildman–Crippen LogP) is 5.68. The van der Waals surface area contributed by atoms with E-state index in [0.717, 1.165) is 27.5 Å². The van der Waals surface area contributed by atoms with Gasteiger partial charge in [-0.05, 0) is 31.2 Å². The van der Waals surface area contributed by atoms with E-state index in [-0.39, 0.29) is 5.41 Å². The lowest BCUT2D eigenvalue weighted by Gasteiger charge is -2.13. The van der Waals surface area contributed by atoms with Crippen LogP contribution in [0.5, 0.6) is 0 Å². The van der Waals surface area contributed by atoms with E-state index in [4.69, 9.17) is 16.0 Å². The number of thiazole rings is 1. The van der Waals surface area contributed by atoms with Crippen LogP contribution in [0.2, 0.25) is 5.02 Å². The SMILES string of the molecule is C/C(=N/Nc1nc(C(C)(C)C)cs1)c1cc2cc(Cl)ccc2o1. The van der Waals surface area contributed by atoms with Crippen LogP contribution in [0.4, 0.5) is 5.13 Å². The first kappa shape index (κ1) is 16.0. The molecule has 0 saturated heterocycles. The first-order valence-corrected chi connectivity index (χ1v) is 8.54. The lowest BCUT2D eigenvalue weighted by molar-refractivity contribution is 0.573. The van der Waals surface area contributed by atoms with Crippen molar-refractivity contribution in [3.05, 3.63) is 46.1 Å². The molecule has 0 spiro atoms. The summed E-state index contributed by atoms with van der Waals surface area (Å²) in [5.74, 6) is 0.711. The van der Waals surface area contributed by atoms with Gasteiger partial charge in [0.05, 0.1) is 5.69 Å². The molecule has 2 heterocycles. The Morgan fingerprint density at radius 1 is 1.30 bits per heavy atom. The summed E-state index contributed by atoms with van der Waals surface area (Å²) >= 11 is 7.54. The smallest absolute Gasteiger partial charge is 0.203 e. The van der Waals surface area contributed by atoms with Gasteiger partial charge in [0.2, 0.25) is 5.13 Å². The van der Waals surface area contributed by atoms with Crippen molar-refractivity contribution in [1.29, 1.82) is 0 Å². The van der Waals surface area contributed by atoms with E-state index < -0.39 is 0 Å². The molecule has 3 rings (SSSR count). The third kappa shape index (κ3) is 3.57. The molecule has 0 bridgehead atoms. The summed E-state index contributed by atoms with van der Waals surface area (Å²) in [6.07, 6.45) is 0. The van der Waals surface area contributed by atoms with E-state index in [0.29, 0.717) is 10.8 Å². The maximum Gasteiger partial charge on any atom is 0.203 e. The largest absolute Gasteiger partial charge is 0.455 e. The summed E-state index contributed by atoms with van der Waals surface area (Å²) < 4.78 is 5.79. The Hall–Kier alpha value is -1.85. The zero-order chi connectivity index (χ0) is 16.6. The highest BCUT2D eigenvalue weighted by Gasteiger charge is 2.17. The Morgan fingerprint density at radius 2 is 2.09 bits per heavy atom. The highest BCUT2D eigenvalue weighted by molar-refractivity contribution is 7.13. The van der Waals surface area contributed by atoms with Gasteiger partial charge in [-0.2, -0.15) is 5.10 Å². The van der Waals surface area contributed by atoms with Crippen molar-refractivity contribution in [1.82, 2.24) is 4.98 Å². The second-order valence-electron chi connectivity index (χ2n) is 6.39. The van der Waals surface area contributed by atoms with Crippen LogP contribution < -0.4 is 5.43 Å². The van der Waals surface area contributed by atoms with Crippen molar-refractivity contribution in [3.8, 4) is 0 Å². The summed E-state index contributed by atoms with van der Waals surface area (Å²) in [4.78, 5) is 4.55. The Morgan fingerprint density at radius 3 is 2.78 bits per heavy atom. The van der Waals surface area contributed by atoms with Gasteiger partial charge < -0.3 is 4.42 Å². The Kier molecular flexibility index (Phi) is 4.17. The van der Waals surface area contributed by atoms with Gasteiger partial charge in [0.25, 0.3) is 0 Å².